The van der Waals surface area contributed by atoms with Gasteiger partial charge in [-0.15, -0.1) is 0 Å². The molecule has 0 spiro atoms. The van der Waals surface area contributed by atoms with Crippen molar-refractivity contribution < 1.29 is 27.2 Å². The molecule has 1 amide bonds. The number of hydrogen-bond donors (Lipinski definition) is 1. The first-order chi connectivity index (χ1) is 16.1. The highest BCUT2D eigenvalue weighted by Gasteiger charge is 2.63. The third-order valence-electron chi connectivity index (χ3n) is 6.15. The monoisotopic (exact) mass is 533 g/mol. The summed E-state index contributed by atoms with van der Waals surface area (Å²) in [5, 5.41) is 5.64. The molecule has 34 heavy (non-hydrogen) atoms. The maximum atomic E-state index is 14.2. The van der Waals surface area contributed by atoms with Gasteiger partial charge in [0, 0.05) is 41.8 Å². The smallest absolute Gasteiger partial charge is 0.372 e. The van der Waals surface area contributed by atoms with E-state index in [0.717, 1.165) is 34.8 Å². The molecule has 5 rings (SSSR count). The largest absolute Gasteiger partial charge is 0.435 e. The van der Waals surface area contributed by atoms with Crippen molar-refractivity contribution in [3.63, 3.8) is 0 Å². The molecule has 180 valence electrons. The third kappa shape index (κ3) is 3.99. The second kappa shape index (κ2) is 8.49. The molecular formula is C22H17Cl2F4N3O2S. The van der Waals surface area contributed by atoms with Crippen LogP contribution in [0.1, 0.15) is 33.5 Å². The van der Waals surface area contributed by atoms with Crippen molar-refractivity contribution in [3.8, 4) is 0 Å². The molecule has 3 aliphatic heterocycles. The second-order valence-electron chi connectivity index (χ2n) is 8.40. The number of halogens is 6. The number of amidine groups is 1. The van der Waals surface area contributed by atoms with Gasteiger partial charge in [0.2, 0.25) is 0 Å². The van der Waals surface area contributed by atoms with Crippen LogP contribution in [0.2, 0.25) is 10.0 Å². The zero-order valence-electron chi connectivity index (χ0n) is 17.4. The van der Waals surface area contributed by atoms with Crippen LogP contribution in [0.3, 0.4) is 0 Å². The number of benzene rings is 2. The lowest BCUT2D eigenvalue weighted by atomic mass is 9.89. The Morgan fingerprint density at radius 3 is 2.44 bits per heavy atom. The van der Waals surface area contributed by atoms with E-state index in [2.05, 4.69) is 10.5 Å². The van der Waals surface area contributed by atoms with E-state index < -0.39 is 39.6 Å². The SMILES string of the molecule is O=C(NC1CSC1)c1ccc2c(c1)CN(C1=NOC(c3cc(Cl)c(F)c(Cl)c3)(C(F)(F)F)C1)C2. The number of oxime groups is 1. The Bertz CT molecular complexity index is 1180. The topological polar surface area (TPSA) is 53.9 Å². The highest BCUT2D eigenvalue weighted by atomic mass is 35.5. The number of hydrogen-bond acceptors (Lipinski definition) is 5. The molecule has 1 saturated heterocycles. The van der Waals surface area contributed by atoms with Gasteiger partial charge >= 0.3 is 6.18 Å². The van der Waals surface area contributed by atoms with E-state index >= 15 is 0 Å². The molecular weight excluding hydrogens is 517 g/mol. The van der Waals surface area contributed by atoms with Crippen LogP contribution in [0.15, 0.2) is 35.5 Å². The van der Waals surface area contributed by atoms with Gasteiger partial charge < -0.3 is 15.1 Å². The number of rotatable bonds is 3. The van der Waals surface area contributed by atoms with Gasteiger partial charge in [0.25, 0.3) is 11.5 Å². The summed E-state index contributed by atoms with van der Waals surface area (Å²) >= 11 is 13.3. The van der Waals surface area contributed by atoms with Crippen LogP contribution in [0, 0.1) is 5.82 Å². The van der Waals surface area contributed by atoms with Crippen LogP contribution in [-0.4, -0.2) is 40.4 Å². The molecule has 0 aliphatic carbocycles. The summed E-state index contributed by atoms with van der Waals surface area (Å²) in [6, 6.07) is 7.14. The van der Waals surface area contributed by atoms with Gasteiger partial charge in [-0.25, -0.2) is 4.39 Å². The van der Waals surface area contributed by atoms with Crippen LogP contribution < -0.4 is 5.32 Å². The molecule has 2 aromatic rings. The molecule has 0 radical (unpaired) electrons. The average Bonchev–Trinajstić information content (AvgIpc) is 3.38. The number of carbonyl (C=O) groups excluding carboxylic acids is 1. The van der Waals surface area contributed by atoms with Crippen LogP contribution >= 0.6 is 35.0 Å². The predicted octanol–water partition coefficient (Wildman–Crippen LogP) is 5.48. The predicted molar refractivity (Wildman–Crippen MR) is 122 cm³/mol. The van der Waals surface area contributed by atoms with E-state index in [1.807, 2.05) is 0 Å². The Kier molecular flexibility index (Phi) is 5.89. The molecule has 3 aliphatic rings. The molecule has 5 nitrogen and oxygen atoms in total. The maximum Gasteiger partial charge on any atom is 0.435 e. The minimum atomic E-state index is -4.87. The van der Waals surface area contributed by atoms with E-state index in [1.54, 1.807) is 34.9 Å². The maximum absolute atomic E-state index is 14.2. The van der Waals surface area contributed by atoms with E-state index in [1.165, 1.54) is 0 Å². The van der Waals surface area contributed by atoms with E-state index in [9.17, 15) is 22.4 Å². The van der Waals surface area contributed by atoms with Crippen molar-refractivity contribution >= 4 is 46.7 Å². The van der Waals surface area contributed by atoms with Crippen LogP contribution in [0.4, 0.5) is 17.6 Å². The van der Waals surface area contributed by atoms with Gasteiger partial charge in [-0.1, -0.05) is 34.4 Å². The Balaban J connectivity index is 1.36. The first kappa shape index (κ1) is 23.6. The Hall–Kier alpha value is -2.17. The van der Waals surface area contributed by atoms with Gasteiger partial charge in [-0.2, -0.15) is 24.9 Å². The molecule has 1 atom stereocenters. The third-order valence-corrected chi connectivity index (χ3v) is 7.98. The first-order valence-corrected chi connectivity index (χ1v) is 12.2. The zero-order valence-corrected chi connectivity index (χ0v) is 19.7. The summed E-state index contributed by atoms with van der Waals surface area (Å²) in [6.45, 7) is 0.592. The van der Waals surface area contributed by atoms with Gasteiger partial charge in [0.1, 0.15) is 5.84 Å². The lowest BCUT2D eigenvalue weighted by Crippen LogP contribution is -2.44. The molecule has 1 unspecified atom stereocenters. The highest BCUT2D eigenvalue weighted by Crippen LogP contribution is 2.50. The van der Waals surface area contributed by atoms with Gasteiger partial charge in [0.05, 0.1) is 16.5 Å². The molecule has 12 heteroatoms. The minimum Gasteiger partial charge on any atom is -0.372 e. The number of fused-ring (bicyclic) bond motifs is 1. The number of amides is 1. The molecule has 0 saturated carbocycles. The normalized spacial score (nSPS) is 22.2. The van der Waals surface area contributed by atoms with Crippen molar-refractivity contribution in [2.75, 3.05) is 11.5 Å². The fraction of sp³-hybridized carbons (Fsp3) is 0.364. The van der Waals surface area contributed by atoms with Gasteiger partial charge in [-0.3, -0.25) is 4.79 Å². The van der Waals surface area contributed by atoms with Crippen LogP contribution in [0.25, 0.3) is 0 Å². The molecule has 1 N–H and O–H groups in total. The highest BCUT2D eigenvalue weighted by molar-refractivity contribution is 8.00. The molecule has 0 bridgehead atoms. The van der Waals surface area contributed by atoms with Crippen LogP contribution in [0.5, 0.6) is 0 Å². The van der Waals surface area contributed by atoms with Crippen molar-refractivity contribution in [3.05, 3.63) is 68.4 Å². The Labute approximate surface area is 206 Å². The summed E-state index contributed by atoms with van der Waals surface area (Å²) in [4.78, 5) is 19.1. The number of alkyl halides is 3. The fourth-order valence-corrected chi connectivity index (χ4v) is 5.28. The minimum absolute atomic E-state index is 0.0857. The molecule has 1 fully saturated rings. The number of nitrogens with zero attached hydrogens (tertiary/aromatic N) is 2. The lowest BCUT2D eigenvalue weighted by Gasteiger charge is -2.30. The number of thioether (sulfide) groups is 1. The molecule has 3 heterocycles. The lowest BCUT2D eigenvalue weighted by molar-refractivity contribution is -0.275. The zero-order chi connectivity index (χ0) is 24.3. The summed E-state index contributed by atoms with van der Waals surface area (Å²) < 4.78 is 56.5. The van der Waals surface area contributed by atoms with E-state index in [-0.39, 0.29) is 24.3 Å². The van der Waals surface area contributed by atoms with Crippen molar-refractivity contribution in [1.82, 2.24) is 10.2 Å². The Morgan fingerprint density at radius 1 is 1.15 bits per heavy atom. The van der Waals surface area contributed by atoms with Crippen molar-refractivity contribution in [1.29, 1.82) is 0 Å². The quantitative estimate of drug-likeness (QED) is 0.419. The number of nitrogens with one attached hydrogen (secondary N) is 1. The summed E-state index contributed by atoms with van der Waals surface area (Å²) in [5.74, 6) is 0.678. The van der Waals surface area contributed by atoms with E-state index in [4.69, 9.17) is 28.0 Å². The van der Waals surface area contributed by atoms with Gasteiger partial charge in [0.15, 0.2) is 5.82 Å². The standard InChI is InChI=1S/C22H17Cl2F4N3O2S/c23-16-4-14(5-17(24)19(16)25)21(22(26,27)28)6-18(30-33-21)31-7-12-2-1-11(3-13(12)8-31)20(32)29-15-9-34-10-15/h1-5,15H,6-10H2,(H,29,32). The molecule has 2 aromatic carbocycles. The van der Waals surface area contributed by atoms with Crippen LogP contribution in [-0.2, 0) is 23.5 Å². The number of carbonyl (C=O) groups is 1. The average molecular weight is 534 g/mol. The second-order valence-corrected chi connectivity index (χ2v) is 10.3. The Morgan fingerprint density at radius 2 is 1.82 bits per heavy atom. The van der Waals surface area contributed by atoms with Crippen molar-refractivity contribution in [2.24, 2.45) is 5.16 Å². The summed E-state index contributed by atoms with van der Waals surface area (Å²) in [5.41, 5.74) is -1.06. The summed E-state index contributed by atoms with van der Waals surface area (Å²) in [7, 11) is 0. The first-order valence-electron chi connectivity index (χ1n) is 10.3. The molecule has 0 aromatic heterocycles. The fourth-order valence-electron chi connectivity index (χ4n) is 4.15. The van der Waals surface area contributed by atoms with E-state index in [0.29, 0.717) is 12.1 Å². The summed E-state index contributed by atoms with van der Waals surface area (Å²) in [6.07, 6.45) is -5.50. The van der Waals surface area contributed by atoms with Gasteiger partial charge in [-0.05, 0) is 35.4 Å². The van der Waals surface area contributed by atoms with Crippen molar-refractivity contribution in [2.45, 2.75) is 37.3 Å².